The quantitative estimate of drug-likeness (QED) is 0.0967. The third-order valence-electron chi connectivity index (χ3n) is 4.15. The van der Waals surface area contributed by atoms with E-state index in [-0.39, 0.29) is 11.8 Å². The Balaban J connectivity index is -0.000000664. The topological polar surface area (TPSA) is 57.9 Å². The number of hydrogen-bond acceptors (Lipinski definition) is 4. The van der Waals surface area contributed by atoms with Gasteiger partial charge < -0.3 is 0 Å². The highest BCUT2D eigenvalue weighted by Gasteiger charge is 2.75. The first-order valence-corrected chi connectivity index (χ1v) is 13.8. The van der Waals surface area contributed by atoms with Crippen LogP contribution in [0.1, 0.15) is 25.7 Å². The molecule has 41 heavy (non-hydrogen) atoms. The van der Waals surface area contributed by atoms with Gasteiger partial charge in [0.25, 0.3) is 11.8 Å². The van der Waals surface area contributed by atoms with Crippen molar-refractivity contribution >= 4 is 53.2 Å². The molecule has 0 heterocycles. The summed E-state index contributed by atoms with van der Waals surface area (Å²) in [5.41, 5.74) is -12.1. The Morgan fingerprint density at radius 2 is 0.854 bits per heavy atom. The molecule has 0 aromatic heterocycles. The monoisotopic (exact) mass is 749 g/mol. The van der Waals surface area contributed by atoms with Crippen LogP contribution in [-0.4, -0.2) is 67.8 Å². The number of nitriles is 1. The lowest BCUT2D eigenvalue weighted by Gasteiger charge is -2.32. The molecular formula is C15H12Cl3F18NO2S2. The smallest absolute Gasteiger partial charge is 0.223 e. The summed E-state index contributed by atoms with van der Waals surface area (Å²) in [4.78, 5) is 0. The van der Waals surface area contributed by atoms with Crippen molar-refractivity contribution in [3.05, 3.63) is 0 Å². The average Bonchev–Trinajstić information content (AvgIpc) is 2.70. The number of hydrogen-bond donors (Lipinski definition) is 0. The molecule has 0 aliphatic heterocycles. The van der Waals surface area contributed by atoms with Crippen LogP contribution >= 0.6 is 44.2 Å². The van der Waals surface area contributed by atoms with E-state index in [2.05, 4.69) is 32.4 Å². The van der Waals surface area contributed by atoms with Gasteiger partial charge in [-0.3, -0.25) is 0 Å². The molecule has 0 atom stereocenters. The van der Waals surface area contributed by atoms with Crippen LogP contribution in [0.15, 0.2) is 0 Å². The maximum Gasteiger partial charge on any atom is 0.431 e. The van der Waals surface area contributed by atoms with E-state index >= 15 is 0 Å². The molecule has 0 N–H and O–H groups in total. The number of thioether (sulfide) groups is 1. The lowest BCUT2D eigenvalue weighted by atomic mass is 9.94. The van der Waals surface area contributed by atoms with E-state index in [4.69, 9.17) is 5.26 Å². The fourth-order valence-corrected chi connectivity index (χ4v) is 3.39. The van der Waals surface area contributed by atoms with Gasteiger partial charge in [-0.1, -0.05) is 0 Å². The summed E-state index contributed by atoms with van der Waals surface area (Å²) in [5, 5.41) is 9.30. The second kappa shape index (κ2) is 15.4. The van der Waals surface area contributed by atoms with Crippen molar-refractivity contribution in [1.29, 1.82) is 5.26 Å². The van der Waals surface area contributed by atoms with Crippen molar-refractivity contribution in [2.45, 2.75) is 73.6 Å². The minimum atomic E-state index is -6.63. The Morgan fingerprint density at radius 1 is 0.585 bits per heavy atom. The van der Waals surface area contributed by atoms with Crippen LogP contribution in [0.5, 0.6) is 0 Å². The summed E-state index contributed by atoms with van der Waals surface area (Å²) in [5.74, 6) is -11.7. The van der Waals surface area contributed by atoms with Crippen LogP contribution in [0.25, 0.3) is 0 Å². The summed E-state index contributed by atoms with van der Waals surface area (Å²) in [6, 6.07) is 0. The van der Waals surface area contributed by atoms with Crippen LogP contribution in [-0.2, 0) is 9.05 Å². The van der Waals surface area contributed by atoms with Gasteiger partial charge in [0, 0.05) is 51.0 Å². The molecule has 26 heteroatoms. The Bertz CT molecular complexity index is 913. The molecule has 0 aromatic rings. The summed E-state index contributed by atoms with van der Waals surface area (Å²) in [7, 11) is 8.14. The number of alkyl halides is 18. The zero-order chi connectivity index (χ0) is 34.2. The van der Waals surface area contributed by atoms with Gasteiger partial charge in [0.05, 0.1) is 18.6 Å². The Hall–Kier alpha value is -0.600. The minimum absolute atomic E-state index is 0.217. The van der Waals surface area contributed by atoms with Crippen molar-refractivity contribution in [2.75, 3.05) is 11.5 Å². The van der Waals surface area contributed by atoms with E-state index in [9.17, 15) is 87.4 Å². The predicted octanol–water partition coefficient (Wildman–Crippen LogP) is 9.63. The fraction of sp³-hybridized carbons (Fsp3) is 0.933. The van der Waals surface area contributed by atoms with E-state index in [0.29, 0.717) is 0 Å². The summed E-state index contributed by atoms with van der Waals surface area (Å²) < 4.78 is 243. The zero-order valence-corrected chi connectivity index (χ0v) is 22.7. The Labute approximate surface area is 236 Å². The molecule has 248 valence electrons. The Kier molecular flexibility index (Phi) is 16.9. The van der Waals surface area contributed by atoms with Gasteiger partial charge in [0.2, 0.25) is 9.05 Å². The van der Waals surface area contributed by atoms with Gasteiger partial charge in [-0.05, 0) is 11.8 Å². The van der Waals surface area contributed by atoms with Gasteiger partial charge in [-0.15, -0.1) is 0 Å². The van der Waals surface area contributed by atoms with Gasteiger partial charge in [-0.25, -0.2) is 34.8 Å². The molecule has 0 saturated heterocycles. The second-order valence-electron chi connectivity index (χ2n) is 7.34. The SMILES string of the molecule is ClCl.N#CSCCC(F)(F)CC(F)(C(F)(F)F)C(F)(F)F.O=S(=O)(Cl)CCC(F)(F)CC(F)(C(F)(F)F)C(F)(F)F. The van der Waals surface area contributed by atoms with E-state index in [1.165, 1.54) is 5.40 Å². The lowest BCUT2D eigenvalue weighted by molar-refractivity contribution is -0.354. The third kappa shape index (κ3) is 15.1. The maximum absolute atomic E-state index is 13.0. The van der Waals surface area contributed by atoms with Crippen molar-refractivity contribution in [1.82, 2.24) is 0 Å². The van der Waals surface area contributed by atoms with Crippen LogP contribution in [0, 0.1) is 10.7 Å². The third-order valence-corrected chi connectivity index (χ3v) is 5.84. The molecule has 0 bridgehead atoms. The highest BCUT2D eigenvalue weighted by atomic mass is 36.5. The first-order valence-electron chi connectivity index (χ1n) is 9.16. The molecule has 0 aliphatic carbocycles. The number of halogens is 21. The predicted molar refractivity (Wildman–Crippen MR) is 110 cm³/mol. The molecule has 0 spiro atoms. The summed E-state index contributed by atoms with van der Waals surface area (Å²) in [6.07, 6.45) is -36.0. The second-order valence-corrected chi connectivity index (χ2v) is 11.1. The van der Waals surface area contributed by atoms with Crippen molar-refractivity contribution in [3.8, 4) is 5.40 Å². The molecular weight excluding hydrogens is 739 g/mol. The van der Waals surface area contributed by atoms with E-state index in [1.807, 2.05) is 0 Å². The molecule has 0 amide bonds. The Morgan fingerprint density at radius 3 is 1.07 bits per heavy atom. The number of thiocyanates is 1. The number of nitrogens with zero attached hydrogens (tertiary/aromatic N) is 1. The normalized spacial score (nSPS) is 14.3. The molecule has 0 radical (unpaired) electrons. The van der Waals surface area contributed by atoms with Gasteiger partial charge in [0.15, 0.2) is 0 Å². The standard InChI is InChI=1S/C8H6F9NS.C7H6ClF9O2S.Cl2/c9-5(10,1-2-19-4-18)3-6(11,7(12,13)14)8(15,16)17;8-20(18,19)2-1-4(9,10)3-5(11,6(12,13)14)7(15,16)17;1-2/h1-3H2;1-3H2;. The van der Waals surface area contributed by atoms with Crippen LogP contribution in [0.3, 0.4) is 0 Å². The highest BCUT2D eigenvalue weighted by molar-refractivity contribution is 8.13. The van der Waals surface area contributed by atoms with E-state index < -0.39 is 94.1 Å². The first kappa shape index (κ1) is 44.8. The van der Waals surface area contributed by atoms with Crippen molar-refractivity contribution < 1.29 is 87.4 Å². The van der Waals surface area contributed by atoms with E-state index in [0.717, 1.165) is 0 Å². The van der Waals surface area contributed by atoms with Gasteiger partial charge in [-0.2, -0.15) is 57.9 Å². The number of rotatable bonds is 10. The van der Waals surface area contributed by atoms with Crippen LogP contribution in [0.4, 0.5) is 79.0 Å². The van der Waals surface area contributed by atoms with Crippen LogP contribution < -0.4 is 0 Å². The van der Waals surface area contributed by atoms with Crippen LogP contribution in [0.2, 0.25) is 0 Å². The summed E-state index contributed by atoms with van der Waals surface area (Å²) in [6.45, 7) is 0. The van der Waals surface area contributed by atoms with Gasteiger partial charge >= 0.3 is 36.0 Å². The van der Waals surface area contributed by atoms with Crippen molar-refractivity contribution in [2.24, 2.45) is 0 Å². The fourth-order valence-electron chi connectivity index (χ4n) is 2.13. The maximum atomic E-state index is 13.0. The molecule has 0 aromatic carbocycles. The van der Waals surface area contributed by atoms with Crippen molar-refractivity contribution in [3.63, 3.8) is 0 Å². The molecule has 0 saturated carbocycles. The molecule has 0 fully saturated rings. The largest absolute Gasteiger partial charge is 0.431 e. The average molecular weight is 751 g/mol. The van der Waals surface area contributed by atoms with E-state index in [1.54, 1.807) is 0 Å². The molecule has 0 aliphatic rings. The highest BCUT2D eigenvalue weighted by Crippen LogP contribution is 2.53. The lowest BCUT2D eigenvalue weighted by Crippen LogP contribution is -2.56. The molecule has 3 nitrogen and oxygen atoms in total. The molecule has 0 unspecified atom stereocenters. The summed E-state index contributed by atoms with van der Waals surface area (Å²) >= 11 is 0.217. The minimum Gasteiger partial charge on any atom is -0.223 e. The van der Waals surface area contributed by atoms with Gasteiger partial charge in [0.1, 0.15) is 5.40 Å². The first-order chi connectivity index (χ1) is 17.7. The zero-order valence-electron chi connectivity index (χ0n) is 18.8. The molecule has 0 rings (SSSR count).